The molecule has 0 bridgehead atoms. The lowest BCUT2D eigenvalue weighted by Gasteiger charge is -2.27. The van der Waals surface area contributed by atoms with Gasteiger partial charge in [-0.25, -0.2) is 0 Å². The Morgan fingerprint density at radius 1 is 1.29 bits per heavy atom. The number of ether oxygens (including phenoxy) is 2. The van der Waals surface area contributed by atoms with Crippen molar-refractivity contribution >= 4 is 0 Å². The minimum Gasteiger partial charge on any atom is -0.389 e. The van der Waals surface area contributed by atoms with Crippen molar-refractivity contribution < 1.29 is 14.6 Å². The molecule has 17 heavy (non-hydrogen) atoms. The van der Waals surface area contributed by atoms with E-state index in [4.69, 9.17) is 9.47 Å². The van der Waals surface area contributed by atoms with Crippen LogP contribution < -0.4 is 5.32 Å². The van der Waals surface area contributed by atoms with Crippen molar-refractivity contribution in [2.75, 3.05) is 33.4 Å². The SMILES string of the molecule is COCCNC[C@@H](O)COC1CCC(C)CC1. The Hall–Kier alpha value is -0.160. The second-order valence-corrected chi connectivity index (χ2v) is 5.07. The van der Waals surface area contributed by atoms with Crippen molar-refractivity contribution in [2.24, 2.45) is 5.92 Å². The molecule has 2 N–H and O–H groups in total. The molecule has 0 aromatic heterocycles. The third-order valence-electron chi connectivity index (χ3n) is 3.35. The van der Waals surface area contributed by atoms with Gasteiger partial charge in [-0.2, -0.15) is 0 Å². The summed E-state index contributed by atoms with van der Waals surface area (Å²) >= 11 is 0. The van der Waals surface area contributed by atoms with Gasteiger partial charge in [0.2, 0.25) is 0 Å². The molecule has 1 saturated carbocycles. The number of rotatable bonds is 8. The van der Waals surface area contributed by atoms with E-state index in [1.54, 1.807) is 7.11 Å². The largest absolute Gasteiger partial charge is 0.389 e. The Balaban J connectivity index is 1.97. The fourth-order valence-corrected chi connectivity index (χ4v) is 2.15. The van der Waals surface area contributed by atoms with Crippen LogP contribution in [-0.2, 0) is 9.47 Å². The predicted molar refractivity (Wildman–Crippen MR) is 68.1 cm³/mol. The minimum atomic E-state index is -0.411. The molecule has 0 heterocycles. The molecule has 0 aromatic carbocycles. The molecule has 0 amide bonds. The Morgan fingerprint density at radius 2 is 2.00 bits per heavy atom. The quantitative estimate of drug-likeness (QED) is 0.631. The van der Waals surface area contributed by atoms with Gasteiger partial charge in [-0.15, -0.1) is 0 Å². The van der Waals surface area contributed by atoms with Crippen molar-refractivity contribution in [3.8, 4) is 0 Å². The fourth-order valence-electron chi connectivity index (χ4n) is 2.15. The van der Waals surface area contributed by atoms with Gasteiger partial charge in [-0.3, -0.25) is 0 Å². The summed E-state index contributed by atoms with van der Waals surface area (Å²) in [7, 11) is 1.67. The zero-order valence-corrected chi connectivity index (χ0v) is 11.2. The summed E-state index contributed by atoms with van der Waals surface area (Å²) in [6.07, 6.45) is 4.75. The molecule has 0 unspecified atom stereocenters. The molecule has 4 heteroatoms. The van der Waals surface area contributed by atoms with E-state index in [0.29, 0.717) is 25.9 Å². The molecular formula is C13H27NO3. The summed E-state index contributed by atoms with van der Waals surface area (Å²) in [5.74, 6) is 0.843. The molecule has 102 valence electrons. The first kappa shape index (κ1) is 14.9. The second kappa shape index (κ2) is 8.86. The number of hydrogen-bond acceptors (Lipinski definition) is 4. The maximum atomic E-state index is 9.70. The lowest BCUT2D eigenvalue weighted by Crippen LogP contribution is -2.34. The van der Waals surface area contributed by atoms with Crippen LogP contribution in [0.2, 0.25) is 0 Å². The van der Waals surface area contributed by atoms with E-state index < -0.39 is 6.10 Å². The summed E-state index contributed by atoms with van der Waals surface area (Å²) in [6.45, 7) is 4.76. The van der Waals surface area contributed by atoms with Crippen LogP contribution in [0.15, 0.2) is 0 Å². The molecule has 0 saturated heterocycles. The van der Waals surface area contributed by atoms with Gasteiger partial charge in [0.05, 0.1) is 25.4 Å². The van der Waals surface area contributed by atoms with Gasteiger partial charge in [-0.05, 0) is 31.6 Å². The van der Waals surface area contributed by atoms with Gasteiger partial charge in [0.15, 0.2) is 0 Å². The molecule has 0 spiro atoms. The van der Waals surface area contributed by atoms with Gasteiger partial charge in [0, 0.05) is 20.2 Å². The van der Waals surface area contributed by atoms with Crippen LogP contribution in [0.4, 0.5) is 0 Å². The predicted octanol–water partition coefficient (Wildman–Crippen LogP) is 1.18. The Labute approximate surface area is 105 Å². The first-order valence-corrected chi connectivity index (χ1v) is 6.71. The van der Waals surface area contributed by atoms with Gasteiger partial charge < -0.3 is 19.9 Å². The summed E-state index contributed by atoms with van der Waals surface area (Å²) in [5.41, 5.74) is 0. The first-order chi connectivity index (χ1) is 8.22. The van der Waals surface area contributed by atoms with E-state index in [2.05, 4.69) is 12.2 Å². The van der Waals surface area contributed by atoms with Gasteiger partial charge in [-0.1, -0.05) is 6.92 Å². The Morgan fingerprint density at radius 3 is 2.65 bits per heavy atom. The molecule has 0 aliphatic heterocycles. The van der Waals surface area contributed by atoms with Crippen LogP contribution in [0.5, 0.6) is 0 Å². The van der Waals surface area contributed by atoms with E-state index >= 15 is 0 Å². The maximum Gasteiger partial charge on any atom is 0.0897 e. The van der Waals surface area contributed by atoms with Crippen LogP contribution in [0.1, 0.15) is 32.6 Å². The lowest BCUT2D eigenvalue weighted by molar-refractivity contribution is -0.0280. The van der Waals surface area contributed by atoms with Crippen LogP contribution in [0.25, 0.3) is 0 Å². The van der Waals surface area contributed by atoms with E-state index in [9.17, 15) is 5.11 Å². The average molecular weight is 245 g/mol. The molecular weight excluding hydrogens is 218 g/mol. The van der Waals surface area contributed by atoms with Gasteiger partial charge in [0.1, 0.15) is 0 Å². The highest BCUT2D eigenvalue weighted by atomic mass is 16.5. The maximum absolute atomic E-state index is 9.70. The number of aliphatic hydroxyl groups is 1. The van der Waals surface area contributed by atoms with Crippen molar-refractivity contribution in [3.05, 3.63) is 0 Å². The second-order valence-electron chi connectivity index (χ2n) is 5.07. The zero-order valence-electron chi connectivity index (χ0n) is 11.2. The number of methoxy groups -OCH3 is 1. The average Bonchev–Trinajstić information content (AvgIpc) is 2.34. The van der Waals surface area contributed by atoms with Crippen LogP contribution in [0, 0.1) is 5.92 Å². The fraction of sp³-hybridized carbons (Fsp3) is 1.00. The van der Waals surface area contributed by atoms with Gasteiger partial charge in [0.25, 0.3) is 0 Å². The Bertz CT molecular complexity index is 182. The van der Waals surface area contributed by atoms with Crippen LogP contribution in [-0.4, -0.2) is 50.7 Å². The third kappa shape index (κ3) is 6.99. The summed E-state index contributed by atoms with van der Waals surface area (Å²) in [6, 6.07) is 0. The van der Waals surface area contributed by atoms with Crippen molar-refractivity contribution in [2.45, 2.75) is 44.8 Å². The molecule has 1 atom stereocenters. The summed E-state index contributed by atoms with van der Waals surface area (Å²) in [5, 5.41) is 12.8. The standard InChI is InChI=1S/C13H27NO3/c1-11-3-5-13(6-4-11)17-10-12(15)9-14-7-8-16-2/h11-15H,3-10H2,1-2H3/t11?,12-,13?/m1/s1. The molecule has 1 fully saturated rings. The summed E-state index contributed by atoms with van der Waals surface area (Å²) in [4.78, 5) is 0. The molecule has 1 aliphatic carbocycles. The van der Waals surface area contributed by atoms with Gasteiger partial charge >= 0.3 is 0 Å². The van der Waals surface area contributed by atoms with Crippen molar-refractivity contribution in [3.63, 3.8) is 0 Å². The summed E-state index contributed by atoms with van der Waals surface area (Å²) < 4.78 is 10.6. The molecule has 1 aliphatic rings. The normalized spacial score (nSPS) is 27.0. The van der Waals surface area contributed by atoms with E-state index in [0.717, 1.165) is 25.3 Å². The van der Waals surface area contributed by atoms with Crippen molar-refractivity contribution in [1.82, 2.24) is 5.32 Å². The highest BCUT2D eigenvalue weighted by Crippen LogP contribution is 2.25. The number of aliphatic hydroxyl groups excluding tert-OH is 1. The Kier molecular flexibility index (Phi) is 7.77. The number of nitrogens with one attached hydrogen (secondary N) is 1. The third-order valence-corrected chi connectivity index (χ3v) is 3.35. The lowest BCUT2D eigenvalue weighted by atomic mass is 9.89. The van der Waals surface area contributed by atoms with Crippen LogP contribution >= 0.6 is 0 Å². The monoisotopic (exact) mass is 245 g/mol. The van der Waals surface area contributed by atoms with E-state index in [1.165, 1.54) is 12.8 Å². The topological polar surface area (TPSA) is 50.7 Å². The minimum absolute atomic E-state index is 0.361. The molecule has 1 rings (SSSR count). The molecule has 0 aromatic rings. The molecule has 4 nitrogen and oxygen atoms in total. The molecule has 0 radical (unpaired) electrons. The highest BCUT2D eigenvalue weighted by molar-refractivity contribution is 4.70. The van der Waals surface area contributed by atoms with E-state index in [1.807, 2.05) is 0 Å². The zero-order chi connectivity index (χ0) is 12.5. The van der Waals surface area contributed by atoms with Crippen molar-refractivity contribution in [1.29, 1.82) is 0 Å². The van der Waals surface area contributed by atoms with E-state index in [-0.39, 0.29) is 0 Å². The van der Waals surface area contributed by atoms with Crippen LogP contribution in [0.3, 0.4) is 0 Å². The number of hydrogen-bond donors (Lipinski definition) is 2. The first-order valence-electron chi connectivity index (χ1n) is 6.71. The smallest absolute Gasteiger partial charge is 0.0897 e. The highest BCUT2D eigenvalue weighted by Gasteiger charge is 2.19.